The average Bonchev–Trinajstić information content (AvgIpc) is 2.49. The zero-order valence-corrected chi connectivity index (χ0v) is 9.42. The molecule has 4 heteroatoms. The van der Waals surface area contributed by atoms with E-state index >= 15 is 0 Å². The molecule has 0 aliphatic rings. The molecule has 0 saturated heterocycles. The van der Waals surface area contributed by atoms with E-state index in [2.05, 4.69) is 9.62 Å². The number of fused-ring (bicyclic) bond motifs is 2. The van der Waals surface area contributed by atoms with Crippen molar-refractivity contribution in [2.75, 3.05) is 0 Å². The van der Waals surface area contributed by atoms with Crippen molar-refractivity contribution in [2.45, 2.75) is 0 Å². The molecule has 0 N–H and O–H groups in total. The molecule has 0 amide bonds. The van der Waals surface area contributed by atoms with Gasteiger partial charge in [-0.05, 0) is 24.3 Å². The van der Waals surface area contributed by atoms with Crippen LogP contribution < -0.4 is 0 Å². The summed E-state index contributed by atoms with van der Waals surface area (Å²) < 4.78 is 15.8. The molecule has 0 unspecified atom stereocenters. The van der Waals surface area contributed by atoms with Crippen molar-refractivity contribution in [3.8, 4) is 0 Å². The molecule has 3 rings (SSSR count). The fourth-order valence-corrected chi connectivity index (χ4v) is 2.74. The Labute approximate surface area is 93.1 Å². The SMILES string of the molecule is O=[si]1ncccc2nc3ccccc3cc21. The molecule has 0 aliphatic carbocycles. The van der Waals surface area contributed by atoms with Gasteiger partial charge < -0.3 is 4.46 Å². The van der Waals surface area contributed by atoms with Gasteiger partial charge in [-0.2, -0.15) is 0 Å². The number of hydrogen-bond acceptors (Lipinski definition) is 3. The molecule has 0 saturated carbocycles. The zero-order valence-electron chi connectivity index (χ0n) is 8.42. The van der Waals surface area contributed by atoms with Crippen molar-refractivity contribution in [1.29, 1.82) is 0 Å². The summed E-state index contributed by atoms with van der Waals surface area (Å²) in [4.78, 5) is 5.23. The first-order chi connectivity index (χ1) is 7.84. The first-order valence-corrected chi connectivity index (χ1v) is 6.35. The lowest BCUT2D eigenvalue weighted by molar-refractivity contribution is 0.575. The number of aromatic nitrogens is 2. The largest absolute Gasteiger partial charge is 0.456 e. The van der Waals surface area contributed by atoms with Gasteiger partial charge in [0.15, 0.2) is 0 Å². The molecule has 0 fully saturated rings. The van der Waals surface area contributed by atoms with Crippen LogP contribution in [0, 0.1) is 0 Å². The van der Waals surface area contributed by atoms with Crippen LogP contribution in [0.15, 0.2) is 48.7 Å². The van der Waals surface area contributed by atoms with E-state index < -0.39 is 8.45 Å². The molecule has 2 heterocycles. The number of pyridine rings is 1. The zero-order chi connectivity index (χ0) is 11.0. The van der Waals surface area contributed by atoms with Crippen LogP contribution >= 0.6 is 0 Å². The normalized spacial score (nSPS) is 10.8. The highest BCUT2D eigenvalue weighted by atomic mass is 28.2. The first-order valence-electron chi connectivity index (χ1n) is 4.99. The third-order valence-corrected chi connectivity index (χ3v) is 3.76. The molecule has 3 nitrogen and oxygen atoms in total. The van der Waals surface area contributed by atoms with Gasteiger partial charge in [0.25, 0.3) is 0 Å². The maximum Gasteiger partial charge on any atom is 0.456 e. The van der Waals surface area contributed by atoms with Crippen LogP contribution in [0.4, 0.5) is 0 Å². The van der Waals surface area contributed by atoms with Gasteiger partial charge in [0, 0.05) is 16.6 Å². The van der Waals surface area contributed by atoms with E-state index in [4.69, 9.17) is 0 Å². The Balaban J connectivity index is 2.60. The van der Waals surface area contributed by atoms with Crippen molar-refractivity contribution in [3.05, 3.63) is 48.7 Å². The number of nitrogens with zero attached hydrogens (tertiary/aromatic N) is 2. The van der Waals surface area contributed by atoms with Gasteiger partial charge in [-0.15, -0.1) is 0 Å². The van der Waals surface area contributed by atoms with Gasteiger partial charge in [-0.3, -0.25) is 4.64 Å². The first kappa shape index (κ1) is 9.29. The van der Waals surface area contributed by atoms with Crippen molar-refractivity contribution in [1.82, 2.24) is 9.62 Å². The summed E-state index contributed by atoms with van der Waals surface area (Å²) in [6.07, 6.45) is 1.58. The lowest BCUT2D eigenvalue weighted by Gasteiger charge is -1.96. The highest BCUT2D eigenvalue weighted by Gasteiger charge is 2.02. The summed E-state index contributed by atoms with van der Waals surface area (Å²) in [5.41, 5.74) is 1.68. The molecular formula is C12H8N2OSi. The Kier molecular flexibility index (Phi) is 2.07. The Morgan fingerprint density at radius 2 is 1.81 bits per heavy atom. The van der Waals surface area contributed by atoms with Crippen molar-refractivity contribution in [3.63, 3.8) is 0 Å². The minimum Gasteiger partial charge on any atom is -0.351 e. The highest BCUT2D eigenvalue weighted by Crippen LogP contribution is 2.16. The summed E-state index contributed by atoms with van der Waals surface area (Å²) >= 11 is 0. The average molecular weight is 224 g/mol. The standard InChI is InChI=1S/C12H8N2OSi/c15-16-12-8-9-4-1-2-5-10(9)14-11(12)6-3-7-13-16/h1-8H. The number of benzene rings is 1. The van der Waals surface area contributed by atoms with E-state index in [-0.39, 0.29) is 0 Å². The summed E-state index contributed by atoms with van der Waals surface area (Å²) in [5.74, 6) is 0. The van der Waals surface area contributed by atoms with Crippen LogP contribution in [0.25, 0.3) is 21.4 Å². The van der Waals surface area contributed by atoms with Crippen molar-refractivity contribution in [2.24, 2.45) is 0 Å². The van der Waals surface area contributed by atoms with Crippen LogP contribution in [0.1, 0.15) is 0 Å². The van der Waals surface area contributed by atoms with Gasteiger partial charge in [0.1, 0.15) is 0 Å². The minimum absolute atomic E-state index is 0.744. The number of para-hydroxylation sites is 1. The lowest BCUT2D eigenvalue weighted by Crippen LogP contribution is -1.87. The Bertz CT molecular complexity index is 743. The molecule has 0 aliphatic heterocycles. The molecular weight excluding hydrogens is 216 g/mol. The number of hydrogen-bond donors (Lipinski definition) is 0. The third kappa shape index (κ3) is 1.43. The molecule has 0 atom stereocenters. The van der Waals surface area contributed by atoms with Gasteiger partial charge in [-0.25, -0.2) is 4.98 Å². The van der Waals surface area contributed by atoms with Crippen LogP contribution in [-0.4, -0.2) is 18.1 Å². The fourth-order valence-electron chi connectivity index (χ4n) is 1.74. The van der Waals surface area contributed by atoms with Gasteiger partial charge in [-0.1, -0.05) is 18.2 Å². The maximum atomic E-state index is 11.9. The quantitative estimate of drug-likeness (QED) is 0.550. The van der Waals surface area contributed by atoms with Gasteiger partial charge in [0.05, 0.1) is 11.0 Å². The monoisotopic (exact) mass is 224 g/mol. The smallest absolute Gasteiger partial charge is 0.351 e. The maximum absolute atomic E-state index is 11.9. The Morgan fingerprint density at radius 1 is 1.00 bits per heavy atom. The van der Waals surface area contributed by atoms with E-state index in [9.17, 15) is 4.46 Å². The molecule has 3 aromatic rings. The van der Waals surface area contributed by atoms with Gasteiger partial charge in [0.2, 0.25) is 0 Å². The topological polar surface area (TPSA) is 42.9 Å². The predicted molar refractivity (Wildman–Crippen MR) is 63.5 cm³/mol. The number of rotatable bonds is 0. The minimum atomic E-state index is -2.08. The van der Waals surface area contributed by atoms with Crippen molar-refractivity contribution < 1.29 is 4.46 Å². The molecule has 0 spiro atoms. The third-order valence-electron chi connectivity index (χ3n) is 2.52. The van der Waals surface area contributed by atoms with Gasteiger partial charge >= 0.3 is 8.45 Å². The van der Waals surface area contributed by atoms with Crippen LogP contribution in [-0.2, 0) is 4.46 Å². The lowest BCUT2D eigenvalue weighted by atomic mass is 10.2. The van der Waals surface area contributed by atoms with E-state index in [1.807, 2.05) is 36.4 Å². The summed E-state index contributed by atoms with van der Waals surface area (Å²) in [6.45, 7) is 0. The fraction of sp³-hybridized carbons (Fsp3) is 0. The van der Waals surface area contributed by atoms with E-state index in [1.54, 1.807) is 12.3 Å². The second-order valence-corrected chi connectivity index (χ2v) is 4.96. The summed E-state index contributed by atoms with van der Waals surface area (Å²) in [6, 6.07) is 13.4. The molecule has 0 bridgehead atoms. The predicted octanol–water partition coefficient (Wildman–Crippen LogP) is 2.28. The second kappa shape index (κ2) is 3.57. The second-order valence-electron chi connectivity index (χ2n) is 3.56. The molecule has 16 heavy (non-hydrogen) atoms. The highest BCUT2D eigenvalue weighted by molar-refractivity contribution is 6.47. The molecule has 1 aromatic carbocycles. The Hall–Kier alpha value is -1.94. The molecule has 76 valence electrons. The van der Waals surface area contributed by atoms with Crippen LogP contribution in [0.2, 0.25) is 0 Å². The van der Waals surface area contributed by atoms with E-state index in [1.165, 1.54) is 0 Å². The Morgan fingerprint density at radius 3 is 2.75 bits per heavy atom. The molecule has 2 aromatic heterocycles. The molecule has 0 radical (unpaired) electrons. The summed E-state index contributed by atoms with van der Waals surface area (Å²) in [7, 11) is -2.08. The summed E-state index contributed by atoms with van der Waals surface area (Å²) in [5, 5.41) is 1.00. The van der Waals surface area contributed by atoms with Crippen molar-refractivity contribution >= 4 is 29.9 Å². The van der Waals surface area contributed by atoms with E-state index in [0.717, 1.165) is 21.4 Å². The van der Waals surface area contributed by atoms with E-state index in [0.29, 0.717) is 0 Å². The van der Waals surface area contributed by atoms with Crippen LogP contribution in [0.5, 0.6) is 0 Å². The van der Waals surface area contributed by atoms with Crippen LogP contribution in [0.3, 0.4) is 0 Å².